The van der Waals surface area contributed by atoms with Crippen LogP contribution in [0.25, 0.3) is 0 Å². The Bertz CT molecular complexity index is 542. The number of hydrogen-bond donors (Lipinski definition) is 0. The van der Waals surface area contributed by atoms with E-state index in [1.54, 1.807) is 21.3 Å². The molecule has 1 aliphatic heterocycles. The normalized spacial score (nSPS) is 21.6. The number of benzene rings is 1. The fourth-order valence-corrected chi connectivity index (χ4v) is 3.39. The van der Waals surface area contributed by atoms with Gasteiger partial charge in [0.25, 0.3) is 0 Å². The molecule has 23 heavy (non-hydrogen) atoms. The molecule has 2 rings (SSSR count). The summed E-state index contributed by atoms with van der Waals surface area (Å²) < 4.78 is 28.2. The van der Waals surface area contributed by atoms with Crippen molar-refractivity contribution in [2.45, 2.75) is 38.5 Å². The highest BCUT2D eigenvalue weighted by molar-refractivity contribution is 6.70. The molecular weight excluding hydrogens is 312 g/mol. The van der Waals surface area contributed by atoms with Crippen LogP contribution in [-0.2, 0) is 13.9 Å². The van der Waals surface area contributed by atoms with Gasteiger partial charge in [-0.3, -0.25) is 0 Å². The monoisotopic (exact) mass is 338 g/mol. The van der Waals surface area contributed by atoms with Gasteiger partial charge in [0.05, 0.1) is 26.1 Å². The van der Waals surface area contributed by atoms with Crippen molar-refractivity contribution in [2.24, 2.45) is 0 Å². The molecule has 0 aromatic heterocycles. The molecular formula is C17H26O5Si. The summed E-state index contributed by atoms with van der Waals surface area (Å²) in [5.74, 6) is 2.40. The molecule has 0 spiro atoms. The maximum Gasteiger partial charge on any atom is 0.241 e. The van der Waals surface area contributed by atoms with Crippen LogP contribution in [0.1, 0.15) is 18.1 Å². The van der Waals surface area contributed by atoms with Crippen molar-refractivity contribution < 1.29 is 23.4 Å². The molecule has 1 aromatic rings. The number of hydrogen-bond acceptors (Lipinski definition) is 5. The van der Waals surface area contributed by atoms with Crippen LogP contribution in [0.4, 0.5) is 0 Å². The van der Waals surface area contributed by atoms with Crippen LogP contribution in [0.3, 0.4) is 0 Å². The smallest absolute Gasteiger partial charge is 0.241 e. The Morgan fingerprint density at radius 3 is 2.09 bits per heavy atom. The molecule has 1 aromatic carbocycles. The standard InChI is InChI=1S/C17H26O5Si/c1-18-13-7-12(8-14(9-13)19-2)16-10-15(22-23(4,5)6)11-17(20-3)21-16/h7-9,11,16-17H,10H2,1-6H3/t16-,17?/m0/s1. The van der Waals surface area contributed by atoms with E-state index in [4.69, 9.17) is 23.4 Å². The highest BCUT2D eigenvalue weighted by Gasteiger charge is 2.28. The zero-order valence-corrected chi connectivity index (χ0v) is 15.7. The van der Waals surface area contributed by atoms with Crippen molar-refractivity contribution in [3.05, 3.63) is 35.6 Å². The average molecular weight is 338 g/mol. The van der Waals surface area contributed by atoms with Gasteiger partial charge in [0.15, 0.2) is 6.29 Å². The van der Waals surface area contributed by atoms with Gasteiger partial charge in [-0.25, -0.2) is 0 Å². The summed E-state index contributed by atoms with van der Waals surface area (Å²) in [4.78, 5) is 0. The van der Waals surface area contributed by atoms with Crippen LogP contribution in [0.15, 0.2) is 30.0 Å². The van der Waals surface area contributed by atoms with Gasteiger partial charge in [-0.15, -0.1) is 0 Å². The quantitative estimate of drug-likeness (QED) is 0.737. The summed E-state index contributed by atoms with van der Waals surface area (Å²) in [6.45, 7) is 6.48. The Kier molecular flexibility index (Phi) is 5.72. The van der Waals surface area contributed by atoms with Crippen molar-refractivity contribution in [3.8, 4) is 11.5 Å². The number of rotatable bonds is 6. The van der Waals surface area contributed by atoms with E-state index < -0.39 is 14.6 Å². The second-order valence-corrected chi connectivity index (χ2v) is 10.9. The summed E-state index contributed by atoms with van der Waals surface area (Å²) in [5.41, 5.74) is 0.980. The minimum atomic E-state index is -1.68. The Morgan fingerprint density at radius 2 is 1.61 bits per heavy atom. The van der Waals surface area contributed by atoms with Gasteiger partial charge in [-0.05, 0) is 37.3 Å². The maximum atomic E-state index is 6.15. The third-order valence-corrected chi connectivity index (χ3v) is 4.30. The summed E-state index contributed by atoms with van der Waals surface area (Å²) in [5, 5.41) is 0. The second-order valence-electron chi connectivity index (χ2n) is 6.43. The minimum Gasteiger partial charge on any atom is -0.547 e. The first-order valence-electron chi connectivity index (χ1n) is 7.65. The molecule has 0 saturated carbocycles. The van der Waals surface area contributed by atoms with Gasteiger partial charge >= 0.3 is 0 Å². The summed E-state index contributed by atoms with van der Waals surface area (Å²) in [7, 11) is 3.22. The van der Waals surface area contributed by atoms with Crippen LogP contribution in [-0.4, -0.2) is 35.9 Å². The molecule has 0 bridgehead atoms. The lowest BCUT2D eigenvalue weighted by Gasteiger charge is -2.32. The van der Waals surface area contributed by atoms with Gasteiger partial charge in [-0.1, -0.05) is 0 Å². The first kappa shape index (κ1) is 17.8. The molecule has 128 valence electrons. The van der Waals surface area contributed by atoms with Crippen molar-refractivity contribution in [2.75, 3.05) is 21.3 Å². The Labute approximate surface area is 139 Å². The van der Waals surface area contributed by atoms with Gasteiger partial charge < -0.3 is 23.4 Å². The van der Waals surface area contributed by atoms with Crippen molar-refractivity contribution in [1.82, 2.24) is 0 Å². The highest BCUT2D eigenvalue weighted by atomic mass is 28.4. The predicted molar refractivity (Wildman–Crippen MR) is 91.3 cm³/mol. The molecule has 0 fully saturated rings. The average Bonchev–Trinajstić information content (AvgIpc) is 2.52. The Morgan fingerprint density at radius 1 is 1.00 bits per heavy atom. The number of methoxy groups -OCH3 is 3. The fourth-order valence-electron chi connectivity index (χ4n) is 2.46. The van der Waals surface area contributed by atoms with Crippen LogP contribution in [0, 0.1) is 0 Å². The third kappa shape index (κ3) is 4.99. The van der Waals surface area contributed by atoms with Crippen LogP contribution in [0.2, 0.25) is 19.6 Å². The minimum absolute atomic E-state index is 0.166. The molecule has 1 unspecified atom stereocenters. The van der Waals surface area contributed by atoms with Gasteiger partial charge in [0.1, 0.15) is 11.5 Å². The van der Waals surface area contributed by atoms with E-state index in [0.29, 0.717) is 6.42 Å². The molecule has 6 heteroatoms. The largest absolute Gasteiger partial charge is 0.547 e. The van der Waals surface area contributed by atoms with Crippen LogP contribution < -0.4 is 9.47 Å². The second kappa shape index (κ2) is 7.38. The Balaban J connectivity index is 2.27. The molecule has 1 heterocycles. The fraction of sp³-hybridized carbons (Fsp3) is 0.529. The molecule has 0 aliphatic carbocycles. The van der Waals surface area contributed by atoms with Crippen molar-refractivity contribution in [1.29, 1.82) is 0 Å². The van der Waals surface area contributed by atoms with Crippen molar-refractivity contribution >= 4 is 8.32 Å². The third-order valence-electron chi connectivity index (χ3n) is 3.42. The van der Waals surface area contributed by atoms with E-state index in [9.17, 15) is 0 Å². The molecule has 0 saturated heterocycles. The number of ether oxygens (including phenoxy) is 4. The van der Waals surface area contributed by atoms with Crippen molar-refractivity contribution in [3.63, 3.8) is 0 Å². The molecule has 5 nitrogen and oxygen atoms in total. The topological polar surface area (TPSA) is 46.2 Å². The SMILES string of the molecule is COc1cc(OC)cc([C@@H]2CC(O[Si](C)(C)C)=CC(OC)O2)c1. The zero-order valence-electron chi connectivity index (χ0n) is 14.7. The summed E-state index contributed by atoms with van der Waals surface area (Å²) in [6, 6.07) is 5.75. The molecule has 0 radical (unpaired) electrons. The maximum absolute atomic E-state index is 6.15. The van der Waals surface area contributed by atoms with Crippen LogP contribution >= 0.6 is 0 Å². The van der Waals surface area contributed by atoms with E-state index in [0.717, 1.165) is 22.8 Å². The molecule has 1 aliphatic rings. The van der Waals surface area contributed by atoms with E-state index in [2.05, 4.69) is 19.6 Å². The van der Waals surface area contributed by atoms with Gasteiger partial charge in [-0.2, -0.15) is 0 Å². The van der Waals surface area contributed by atoms with E-state index in [-0.39, 0.29) is 6.10 Å². The predicted octanol–water partition coefficient (Wildman–Crippen LogP) is 3.87. The first-order valence-corrected chi connectivity index (χ1v) is 11.1. The van der Waals surface area contributed by atoms with E-state index in [1.165, 1.54) is 0 Å². The molecule has 2 atom stereocenters. The summed E-state index contributed by atoms with van der Waals surface area (Å²) in [6.07, 6.45) is 1.99. The lowest BCUT2D eigenvalue weighted by molar-refractivity contribution is -0.139. The molecule has 0 N–H and O–H groups in total. The lowest BCUT2D eigenvalue weighted by Crippen LogP contribution is -2.30. The van der Waals surface area contributed by atoms with Gasteiger partial charge in [0, 0.05) is 25.7 Å². The van der Waals surface area contributed by atoms with E-state index >= 15 is 0 Å². The van der Waals surface area contributed by atoms with Crippen LogP contribution in [0.5, 0.6) is 11.5 Å². The highest BCUT2D eigenvalue weighted by Crippen LogP contribution is 2.36. The first-order chi connectivity index (χ1) is 10.8. The van der Waals surface area contributed by atoms with Gasteiger partial charge in [0.2, 0.25) is 8.32 Å². The summed E-state index contributed by atoms with van der Waals surface area (Å²) >= 11 is 0. The Hall–Kier alpha value is -1.50. The van der Waals surface area contributed by atoms with E-state index in [1.807, 2.05) is 24.3 Å². The zero-order chi connectivity index (χ0) is 17.0. The lowest BCUT2D eigenvalue weighted by atomic mass is 10.0. The molecule has 0 amide bonds.